The van der Waals surface area contributed by atoms with Gasteiger partial charge in [-0.3, -0.25) is 14.6 Å². The number of imidazole rings is 1. The number of ether oxygens (including phenoxy) is 1. The first-order chi connectivity index (χ1) is 18.6. The Morgan fingerprint density at radius 2 is 1.76 bits per heavy atom. The van der Waals surface area contributed by atoms with Crippen LogP contribution in [0.4, 0.5) is 5.69 Å². The highest BCUT2D eigenvalue weighted by Gasteiger charge is 2.29. The van der Waals surface area contributed by atoms with Crippen molar-refractivity contribution in [3.8, 4) is 17.3 Å². The van der Waals surface area contributed by atoms with Gasteiger partial charge in [0.15, 0.2) is 5.82 Å². The molecule has 0 spiro atoms. The number of H-pyrrole nitrogens is 1. The summed E-state index contributed by atoms with van der Waals surface area (Å²) in [4.78, 5) is 40.5. The lowest BCUT2D eigenvalue weighted by molar-refractivity contribution is -0.121. The Kier molecular flexibility index (Phi) is 6.21. The number of rotatable bonds is 5. The predicted octanol–water partition coefficient (Wildman–Crippen LogP) is 5.28. The summed E-state index contributed by atoms with van der Waals surface area (Å²) in [5.41, 5.74) is 3.76. The van der Waals surface area contributed by atoms with Crippen LogP contribution in [0.5, 0.6) is 5.75 Å². The lowest BCUT2D eigenvalue weighted by Crippen LogP contribution is -2.41. The molecule has 1 fully saturated rings. The van der Waals surface area contributed by atoms with Gasteiger partial charge in [0.1, 0.15) is 11.4 Å². The molecule has 2 N–H and O–H groups in total. The van der Waals surface area contributed by atoms with E-state index in [0.29, 0.717) is 43.0 Å². The minimum Gasteiger partial charge on any atom is -0.496 e. The van der Waals surface area contributed by atoms with Gasteiger partial charge in [-0.1, -0.05) is 30.3 Å². The van der Waals surface area contributed by atoms with Gasteiger partial charge < -0.3 is 19.9 Å². The van der Waals surface area contributed by atoms with Crippen LogP contribution >= 0.6 is 0 Å². The zero-order valence-corrected chi connectivity index (χ0v) is 21.0. The van der Waals surface area contributed by atoms with Crippen molar-refractivity contribution in [2.24, 2.45) is 5.92 Å². The number of aromatic amines is 1. The average molecular weight is 506 g/mol. The summed E-state index contributed by atoms with van der Waals surface area (Å²) in [6, 6.07) is 22.7. The van der Waals surface area contributed by atoms with Crippen molar-refractivity contribution < 1.29 is 14.3 Å². The minimum absolute atomic E-state index is 0.0175. The summed E-state index contributed by atoms with van der Waals surface area (Å²) in [7, 11) is 1.63. The predicted molar refractivity (Wildman–Crippen MR) is 147 cm³/mol. The molecule has 3 aromatic carbocycles. The van der Waals surface area contributed by atoms with E-state index in [0.717, 1.165) is 33.2 Å². The third-order valence-corrected chi connectivity index (χ3v) is 7.14. The van der Waals surface area contributed by atoms with Crippen LogP contribution in [-0.2, 0) is 4.79 Å². The number of amides is 2. The second kappa shape index (κ2) is 9.97. The molecule has 38 heavy (non-hydrogen) atoms. The molecule has 1 aliphatic heterocycles. The lowest BCUT2D eigenvalue weighted by Gasteiger charge is -2.31. The number of methoxy groups -OCH3 is 1. The van der Waals surface area contributed by atoms with E-state index < -0.39 is 0 Å². The first kappa shape index (κ1) is 23.7. The smallest absolute Gasteiger partial charge is 0.254 e. The molecule has 3 heterocycles. The fourth-order valence-corrected chi connectivity index (χ4v) is 5.11. The maximum atomic E-state index is 13.4. The number of hydrogen-bond acceptors (Lipinski definition) is 5. The van der Waals surface area contributed by atoms with Gasteiger partial charge >= 0.3 is 0 Å². The summed E-state index contributed by atoms with van der Waals surface area (Å²) >= 11 is 0. The van der Waals surface area contributed by atoms with Crippen molar-refractivity contribution in [3.63, 3.8) is 0 Å². The monoisotopic (exact) mass is 505 g/mol. The van der Waals surface area contributed by atoms with Crippen LogP contribution in [-0.4, -0.2) is 51.9 Å². The van der Waals surface area contributed by atoms with Gasteiger partial charge in [0.25, 0.3) is 5.91 Å². The number of aromatic nitrogens is 3. The molecule has 190 valence electrons. The molecule has 0 atom stereocenters. The van der Waals surface area contributed by atoms with Crippen LogP contribution in [0.3, 0.4) is 0 Å². The van der Waals surface area contributed by atoms with Crippen molar-refractivity contribution in [1.82, 2.24) is 19.9 Å². The Labute approximate surface area is 219 Å². The molecule has 6 rings (SSSR count). The SMILES string of the molecule is COc1ccc(C(=O)N2CCC(C(=O)Nc3ccc4nc(-c5ccccn5)[nH]c4c3)CC2)c2ccccc12. The molecular formula is C30H27N5O3. The molecule has 0 radical (unpaired) electrons. The Balaban J connectivity index is 1.11. The van der Waals surface area contributed by atoms with Gasteiger partial charge in [0.2, 0.25) is 5.91 Å². The second-order valence-corrected chi connectivity index (χ2v) is 9.45. The molecule has 2 aromatic heterocycles. The number of nitrogens with one attached hydrogen (secondary N) is 2. The summed E-state index contributed by atoms with van der Waals surface area (Å²) in [6.45, 7) is 1.06. The molecule has 1 aliphatic rings. The highest BCUT2D eigenvalue weighted by atomic mass is 16.5. The third-order valence-electron chi connectivity index (χ3n) is 7.14. The van der Waals surface area contributed by atoms with E-state index in [1.54, 1.807) is 13.3 Å². The summed E-state index contributed by atoms with van der Waals surface area (Å²) in [5.74, 6) is 1.22. The number of piperidine rings is 1. The van der Waals surface area contributed by atoms with E-state index in [-0.39, 0.29) is 17.7 Å². The topological polar surface area (TPSA) is 100 Å². The van der Waals surface area contributed by atoms with Crippen LogP contribution in [0.2, 0.25) is 0 Å². The Morgan fingerprint density at radius 1 is 0.974 bits per heavy atom. The van der Waals surface area contributed by atoms with E-state index in [1.807, 2.05) is 77.7 Å². The number of fused-ring (bicyclic) bond motifs is 2. The number of carbonyl (C=O) groups is 2. The number of benzene rings is 3. The number of anilines is 1. The van der Waals surface area contributed by atoms with E-state index in [2.05, 4.69) is 20.3 Å². The standard InChI is InChI=1S/C30H27N5O3/c1-38-27-12-10-23(21-6-2-3-7-22(21)27)30(37)35-16-13-19(14-17-35)29(36)32-20-9-11-24-26(18-20)34-28(33-24)25-8-4-5-15-31-25/h2-12,15,18-19H,13-14,16-17H2,1H3,(H,32,36)(H,33,34). The number of pyridine rings is 1. The largest absolute Gasteiger partial charge is 0.496 e. The molecule has 0 bridgehead atoms. The van der Waals surface area contributed by atoms with Crippen molar-refractivity contribution in [2.45, 2.75) is 12.8 Å². The van der Waals surface area contributed by atoms with Crippen molar-refractivity contribution in [1.29, 1.82) is 0 Å². The van der Waals surface area contributed by atoms with Crippen LogP contribution in [0, 0.1) is 5.92 Å². The van der Waals surface area contributed by atoms with Crippen LogP contribution in [0.1, 0.15) is 23.2 Å². The van der Waals surface area contributed by atoms with Gasteiger partial charge in [-0.05, 0) is 60.7 Å². The first-order valence-electron chi connectivity index (χ1n) is 12.7. The fraction of sp³-hybridized carbons (Fsp3) is 0.200. The van der Waals surface area contributed by atoms with Gasteiger partial charge in [0.05, 0.1) is 18.1 Å². The third kappa shape index (κ3) is 4.45. The Bertz CT molecular complexity index is 1640. The van der Waals surface area contributed by atoms with Crippen LogP contribution < -0.4 is 10.1 Å². The fourth-order valence-electron chi connectivity index (χ4n) is 5.11. The number of likely N-dealkylation sites (tertiary alicyclic amines) is 1. The average Bonchev–Trinajstić information content (AvgIpc) is 3.40. The normalized spacial score (nSPS) is 14.1. The molecule has 5 aromatic rings. The minimum atomic E-state index is -0.159. The maximum Gasteiger partial charge on any atom is 0.254 e. The van der Waals surface area contributed by atoms with E-state index in [9.17, 15) is 9.59 Å². The molecular weight excluding hydrogens is 478 g/mol. The van der Waals surface area contributed by atoms with Gasteiger partial charge in [-0.15, -0.1) is 0 Å². The molecule has 0 unspecified atom stereocenters. The van der Waals surface area contributed by atoms with Gasteiger partial charge in [-0.2, -0.15) is 0 Å². The first-order valence-corrected chi connectivity index (χ1v) is 12.7. The molecule has 1 saturated heterocycles. The van der Waals surface area contributed by atoms with Gasteiger partial charge in [-0.25, -0.2) is 4.98 Å². The highest BCUT2D eigenvalue weighted by molar-refractivity contribution is 6.08. The molecule has 8 heteroatoms. The quantitative estimate of drug-likeness (QED) is 0.339. The maximum absolute atomic E-state index is 13.4. The van der Waals surface area contributed by atoms with Gasteiger partial charge in [0, 0.05) is 41.8 Å². The summed E-state index contributed by atoms with van der Waals surface area (Å²) < 4.78 is 5.46. The lowest BCUT2D eigenvalue weighted by atomic mass is 9.94. The van der Waals surface area contributed by atoms with E-state index in [1.165, 1.54) is 0 Å². The summed E-state index contributed by atoms with van der Waals surface area (Å²) in [6.07, 6.45) is 2.95. The zero-order chi connectivity index (χ0) is 26.1. The van der Waals surface area contributed by atoms with Crippen molar-refractivity contribution >= 4 is 39.3 Å². The van der Waals surface area contributed by atoms with Crippen LogP contribution in [0.15, 0.2) is 79.0 Å². The number of nitrogens with zero attached hydrogens (tertiary/aromatic N) is 3. The summed E-state index contributed by atoms with van der Waals surface area (Å²) in [5, 5.41) is 4.83. The van der Waals surface area contributed by atoms with Crippen molar-refractivity contribution in [3.05, 3.63) is 84.6 Å². The van der Waals surface area contributed by atoms with Crippen molar-refractivity contribution in [2.75, 3.05) is 25.5 Å². The van der Waals surface area contributed by atoms with Crippen LogP contribution in [0.25, 0.3) is 33.3 Å². The Morgan fingerprint density at radius 3 is 2.53 bits per heavy atom. The Hall–Kier alpha value is -4.72. The molecule has 8 nitrogen and oxygen atoms in total. The van der Waals surface area contributed by atoms with E-state index in [4.69, 9.17) is 4.74 Å². The number of hydrogen-bond donors (Lipinski definition) is 2. The highest BCUT2D eigenvalue weighted by Crippen LogP contribution is 2.30. The molecule has 2 amide bonds. The molecule has 0 saturated carbocycles. The zero-order valence-electron chi connectivity index (χ0n) is 21.0. The molecule has 0 aliphatic carbocycles. The second-order valence-electron chi connectivity index (χ2n) is 9.45. The van der Waals surface area contributed by atoms with E-state index >= 15 is 0 Å². The number of carbonyl (C=O) groups excluding carboxylic acids is 2.